The van der Waals surface area contributed by atoms with Crippen LogP contribution in [-0.2, 0) is 4.79 Å². The van der Waals surface area contributed by atoms with Crippen molar-refractivity contribution in [3.05, 3.63) is 35.4 Å². The summed E-state index contributed by atoms with van der Waals surface area (Å²) in [6.45, 7) is 5.84. The number of likely N-dealkylation sites (tertiary alicyclic amines) is 1. The first-order valence-corrected chi connectivity index (χ1v) is 9.74. The van der Waals surface area contributed by atoms with Crippen LogP contribution in [0.1, 0.15) is 74.2 Å². The maximum atomic E-state index is 12.5. The van der Waals surface area contributed by atoms with Gasteiger partial charge in [0.05, 0.1) is 0 Å². The van der Waals surface area contributed by atoms with Crippen LogP contribution >= 0.6 is 0 Å². The van der Waals surface area contributed by atoms with Crippen LogP contribution in [0.25, 0.3) is 0 Å². The van der Waals surface area contributed by atoms with Gasteiger partial charge >= 0.3 is 0 Å². The molecule has 0 bridgehead atoms. The fourth-order valence-electron chi connectivity index (χ4n) is 3.96. The molecule has 25 heavy (non-hydrogen) atoms. The topological polar surface area (TPSA) is 49.4 Å². The van der Waals surface area contributed by atoms with E-state index in [1.165, 1.54) is 18.4 Å². The molecular weight excluding hydrogens is 312 g/mol. The summed E-state index contributed by atoms with van der Waals surface area (Å²) in [6, 6.07) is 8.04. The molecule has 2 aliphatic rings. The molecule has 1 N–H and O–H groups in total. The van der Waals surface area contributed by atoms with E-state index in [2.05, 4.69) is 19.2 Å². The van der Waals surface area contributed by atoms with Crippen molar-refractivity contribution in [3.63, 3.8) is 0 Å². The molecule has 1 saturated carbocycles. The summed E-state index contributed by atoms with van der Waals surface area (Å²) in [6.07, 6.45) is 6.21. The third kappa shape index (κ3) is 4.42. The summed E-state index contributed by atoms with van der Waals surface area (Å²) in [7, 11) is 0. The van der Waals surface area contributed by atoms with Gasteiger partial charge in [-0.25, -0.2) is 0 Å². The Balaban J connectivity index is 1.48. The minimum Gasteiger partial charge on any atom is -0.349 e. The van der Waals surface area contributed by atoms with Crippen molar-refractivity contribution in [3.8, 4) is 0 Å². The minimum atomic E-state index is -0.00382. The third-order valence-corrected chi connectivity index (χ3v) is 5.69. The molecule has 1 aliphatic carbocycles. The Kier molecular flexibility index (Phi) is 5.77. The van der Waals surface area contributed by atoms with Gasteiger partial charge in [-0.2, -0.15) is 0 Å². The number of carbonyl (C=O) groups excluding carboxylic acids is 2. The second-order valence-electron chi connectivity index (χ2n) is 7.83. The molecule has 3 rings (SSSR count). The maximum Gasteiger partial charge on any atom is 0.251 e. The molecule has 1 saturated heterocycles. The van der Waals surface area contributed by atoms with Crippen LogP contribution in [0, 0.1) is 5.92 Å². The highest BCUT2D eigenvalue weighted by Crippen LogP contribution is 2.27. The first-order valence-electron chi connectivity index (χ1n) is 9.74. The van der Waals surface area contributed by atoms with Crippen molar-refractivity contribution >= 4 is 11.8 Å². The SMILES string of the molecule is CC(C)c1ccc(C(=O)NC2CCN(C(=O)C3CCCC3)CC2)cc1. The van der Waals surface area contributed by atoms with Crippen molar-refractivity contribution in [1.29, 1.82) is 0 Å². The summed E-state index contributed by atoms with van der Waals surface area (Å²) >= 11 is 0. The molecule has 0 atom stereocenters. The second-order valence-corrected chi connectivity index (χ2v) is 7.83. The van der Waals surface area contributed by atoms with Crippen LogP contribution in [0.15, 0.2) is 24.3 Å². The van der Waals surface area contributed by atoms with Gasteiger partial charge in [-0.1, -0.05) is 38.8 Å². The molecule has 2 fully saturated rings. The van der Waals surface area contributed by atoms with Crippen molar-refractivity contribution in [1.82, 2.24) is 10.2 Å². The maximum absolute atomic E-state index is 12.5. The molecule has 1 aromatic carbocycles. The Morgan fingerprint density at radius 2 is 1.60 bits per heavy atom. The van der Waals surface area contributed by atoms with E-state index in [1.54, 1.807) is 0 Å². The number of benzene rings is 1. The van der Waals surface area contributed by atoms with Crippen molar-refractivity contribution in [2.75, 3.05) is 13.1 Å². The quantitative estimate of drug-likeness (QED) is 0.906. The van der Waals surface area contributed by atoms with Crippen LogP contribution in [0.3, 0.4) is 0 Å². The Labute approximate surface area is 151 Å². The average Bonchev–Trinajstić information content (AvgIpc) is 3.16. The molecule has 0 aromatic heterocycles. The molecule has 1 heterocycles. The van der Waals surface area contributed by atoms with Gasteiger partial charge in [0.25, 0.3) is 5.91 Å². The Morgan fingerprint density at radius 1 is 1.00 bits per heavy atom. The number of amides is 2. The normalized spacial score (nSPS) is 19.4. The molecule has 0 spiro atoms. The number of piperidine rings is 1. The Hall–Kier alpha value is -1.84. The Bertz CT molecular complexity index is 595. The van der Waals surface area contributed by atoms with Gasteiger partial charge in [0.15, 0.2) is 0 Å². The average molecular weight is 342 g/mol. The molecule has 4 nitrogen and oxygen atoms in total. The van der Waals surface area contributed by atoms with Crippen LogP contribution in [0.2, 0.25) is 0 Å². The zero-order valence-corrected chi connectivity index (χ0v) is 15.5. The zero-order chi connectivity index (χ0) is 17.8. The lowest BCUT2D eigenvalue weighted by Crippen LogP contribution is -2.47. The second kappa shape index (κ2) is 8.03. The number of nitrogens with one attached hydrogen (secondary N) is 1. The number of carbonyl (C=O) groups is 2. The zero-order valence-electron chi connectivity index (χ0n) is 15.5. The summed E-state index contributed by atoms with van der Waals surface area (Å²) in [5.41, 5.74) is 1.96. The predicted molar refractivity (Wildman–Crippen MR) is 99.6 cm³/mol. The van der Waals surface area contributed by atoms with Gasteiger partial charge in [0, 0.05) is 30.6 Å². The molecule has 0 radical (unpaired) electrons. The van der Waals surface area contributed by atoms with Gasteiger partial charge < -0.3 is 10.2 Å². The monoisotopic (exact) mass is 342 g/mol. The number of hydrogen-bond donors (Lipinski definition) is 1. The van der Waals surface area contributed by atoms with E-state index < -0.39 is 0 Å². The highest BCUT2D eigenvalue weighted by molar-refractivity contribution is 5.94. The fraction of sp³-hybridized carbons (Fsp3) is 0.619. The largest absolute Gasteiger partial charge is 0.349 e. The highest BCUT2D eigenvalue weighted by atomic mass is 16.2. The number of rotatable bonds is 4. The summed E-state index contributed by atoms with van der Waals surface area (Å²) in [5, 5.41) is 3.14. The summed E-state index contributed by atoms with van der Waals surface area (Å²) < 4.78 is 0. The highest BCUT2D eigenvalue weighted by Gasteiger charge is 2.30. The van der Waals surface area contributed by atoms with Gasteiger partial charge in [-0.05, 0) is 49.3 Å². The predicted octanol–water partition coefficient (Wildman–Crippen LogP) is 3.72. The van der Waals surface area contributed by atoms with Gasteiger partial charge in [0.2, 0.25) is 5.91 Å². The van der Waals surface area contributed by atoms with Gasteiger partial charge in [-0.3, -0.25) is 9.59 Å². The lowest BCUT2D eigenvalue weighted by Gasteiger charge is -2.34. The smallest absolute Gasteiger partial charge is 0.251 e. The molecular formula is C21H30N2O2. The van der Waals surface area contributed by atoms with E-state index in [0.29, 0.717) is 17.4 Å². The van der Waals surface area contributed by atoms with Crippen molar-refractivity contribution < 1.29 is 9.59 Å². The standard InChI is InChI=1S/C21H30N2O2/c1-15(2)16-7-9-17(10-8-16)20(24)22-19-11-13-23(14-12-19)21(25)18-5-3-4-6-18/h7-10,15,18-19H,3-6,11-14H2,1-2H3,(H,22,24). The van der Waals surface area contributed by atoms with Gasteiger partial charge in [0.1, 0.15) is 0 Å². The van der Waals surface area contributed by atoms with Crippen LogP contribution in [-0.4, -0.2) is 35.8 Å². The molecule has 0 unspecified atom stereocenters. The van der Waals surface area contributed by atoms with Crippen molar-refractivity contribution in [2.24, 2.45) is 5.92 Å². The number of nitrogens with zero attached hydrogens (tertiary/aromatic N) is 1. The van der Waals surface area contributed by atoms with E-state index >= 15 is 0 Å². The minimum absolute atomic E-state index is 0.00382. The lowest BCUT2D eigenvalue weighted by atomic mass is 10.00. The van der Waals surface area contributed by atoms with Crippen molar-refractivity contribution in [2.45, 2.75) is 64.3 Å². The van der Waals surface area contributed by atoms with E-state index in [4.69, 9.17) is 0 Å². The molecule has 1 aliphatic heterocycles. The summed E-state index contributed by atoms with van der Waals surface area (Å²) in [4.78, 5) is 26.9. The molecule has 4 heteroatoms. The molecule has 136 valence electrons. The number of hydrogen-bond acceptors (Lipinski definition) is 2. The van der Waals surface area contributed by atoms with E-state index in [9.17, 15) is 9.59 Å². The Morgan fingerprint density at radius 3 is 2.16 bits per heavy atom. The first-order chi connectivity index (χ1) is 12.0. The van der Waals surface area contributed by atoms with E-state index in [1.807, 2.05) is 29.2 Å². The van der Waals surface area contributed by atoms with Crippen LogP contribution < -0.4 is 5.32 Å². The fourth-order valence-corrected chi connectivity index (χ4v) is 3.96. The first kappa shape index (κ1) is 18.0. The third-order valence-electron chi connectivity index (χ3n) is 5.69. The summed E-state index contributed by atoms with van der Waals surface area (Å²) in [5.74, 6) is 1.06. The van der Waals surface area contributed by atoms with E-state index in [-0.39, 0.29) is 17.9 Å². The van der Waals surface area contributed by atoms with Gasteiger partial charge in [-0.15, -0.1) is 0 Å². The van der Waals surface area contributed by atoms with Crippen LogP contribution in [0.5, 0.6) is 0 Å². The molecule has 2 amide bonds. The van der Waals surface area contributed by atoms with E-state index in [0.717, 1.165) is 38.8 Å². The molecule has 1 aromatic rings. The lowest BCUT2D eigenvalue weighted by molar-refractivity contribution is -0.136. The van der Waals surface area contributed by atoms with Crippen LogP contribution in [0.4, 0.5) is 0 Å².